The summed E-state index contributed by atoms with van der Waals surface area (Å²) in [5.41, 5.74) is 2.26. The lowest BCUT2D eigenvalue weighted by atomic mass is 9.98. The number of methoxy groups -OCH3 is 1. The number of pyridine rings is 1. The molecule has 7 heteroatoms. The van der Waals surface area contributed by atoms with Crippen molar-refractivity contribution in [3.63, 3.8) is 0 Å². The molecular formula is C23H30N6O. The first kappa shape index (κ1) is 20.2. The monoisotopic (exact) mass is 406 g/mol. The van der Waals surface area contributed by atoms with E-state index >= 15 is 0 Å². The fourth-order valence-corrected chi connectivity index (χ4v) is 4.01. The normalized spacial score (nSPS) is 16.9. The fourth-order valence-electron chi connectivity index (χ4n) is 4.01. The quantitative estimate of drug-likeness (QED) is 0.371. The van der Waals surface area contributed by atoms with Crippen LogP contribution >= 0.6 is 0 Å². The number of aliphatic imine (C=N–C) groups is 1. The number of rotatable bonds is 7. The van der Waals surface area contributed by atoms with Gasteiger partial charge in [-0.15, -0.1) is 10.2 Å². The molecule has 1 atom stereocenters. The zero-order valence-electron chi connectivity index (χ0n) is 17.8. The predicted molar refractivity (Wildman–Crippen MR) is 119 cm³/mol. The average Bonchev–Trinajstić information content (AvgIpc) is 3.44. The van der Waals surface area contributed by atoms with Crippen molar-refractivity contribution in [3.05, 3.63) is 60.0 Å². The SMILES string of the molecule is CCNC(=NCCCc1nnc2ccccn12)N1CCC(c2ccc(OC)cc2)C1. The summed E-state index contributed by atoms with van der Waals surface area (Å²) in [6.45, 7) is 5.78. The highest BCUT2D eigenvalue weighted by atomic mass is 16.5. The minimum Gasteiger partial charge on any atom is -0.497 e. The van der Waals surface area contributed by atoms with Crippen LogP contribution < -0.4 is 10.1 Å². The number of likely N-dealkylation sites (tertiary alicyclic amines) is 1. The molecule has 0 spiro atoms. The largest absolute Gasteiger partial charge is 0.497 e. The number of nitrogens with zero attached hydrogens (tertiary/aromatic N) is 5. The Kier molecular flexibility index (Phi) is 6.47. The topological polar surface area (TPSA) is 67.0 Å². The van der Waals surface area contributed by atoms with Crippen LogP contribution in [0.4, 0.5) is 0 Å². The van der Waals surface area contributed by atoms with Crippen LogP contribution in [-0.2, 0) is 6.42 Å². The molecule has 1 aromatic carbocycles. The first-order valence-electron chi connectivity index (χ1n) is 10.7. The van der Waals surface area contributed by atoms with Gasteiger partial charge in [-0.05, 0) is 49.6 Å². The standard InChI is InChI=1S/C23H30N6O/c1-3-24-23(25-14-6-8-22-27-26-21-7-4-5-15-29(21)22)28-16-13-19(17-28)18-9-11-20(30-2)12-10-18/h4-5,7,9-12,15,19H,3,6,8,13-14,16-17H2,1-2H3,(H,24,25). The lowest BCUT2D eigenvalue weighted by Gasteiger charge is -2.22. The number of aryl methyl sites for hydroxylation is 1. The molecule has 1 saturated heterocycles. The van der Waals surface area contributed by atoms with Crippen molar-refractivity contribution in [1.82, 2.24) is 24.8 Å². The van der Waals surface area contributed by atoms with Gasteiger partial charge in [0.15, 0.2) is 11.6 Å². The Labute approximate surface area is 177 Å². The molecule has 158 valence electrons. The van der Waals surface area contributed by atoms with Gasteiger partial charge >= 0.3 is 0 Å². The lowest BCUT2D eigenvalue weighted by Crippen LogP contribution is -2.40. The Morgan fingerprint density at radius 3 is 2.87 bits per heavy atom. The molecule has 0 amide bonds. The Morgan fingerprint density at radius 1 is 1.20 bits per heavy atom. The molecule has 3 aromatic rings. The summed E-state index contributed by atoms with van der Waals surface area (Å²) < 4.78 is 7.33. The molecule has 0 bridgehead atoms. The maximum absolute atomic E-state index is 5.28. The molecule has 0 aliphatic carbocycles. The van der Waals surface area contributed by atoms with Gasteiger partial charge in [-0.2, -0.15) is 0 Å². The third-order valence-corrected chi connectivity index (χ3v) is 5.61. The zero-order valence-corrected chi connectivity index (χ0v) is 17.8. The highest BCUT2D eigenvalue weighted by Gasteiger charge is 2.26. The van der Waals surface area contributed by atoms with Crippen molar-refractivity contribution >= 4 is 11.6 Å². The van der Waals surface area contributed by atoms with E-state index in [0.29, 0.717) is 5.92 Å². The summed E-state index contributed by atoms with van der Waals surface area (Å²) in [6, 6.07) is 14.4. The van der Waals surface area contributed by atoms with E-state index in [1.807, 2.05) is 36.5 Å². The van der Waals surface area contributed by atoms with Crippen molar-refractivity contribution in [2.75, 3.05) is 33.3 Å². The molecule has 1 fully saturated rings. The molecule has 1 N–H and O–H groups in total. The van der Waals surface area contributed by atoms with Crippen molar-refractivity contribution in [2.45, 2.75) is 32.1 Å². The van der Waals surface area contributed by atoms with Crippen LogP contribution in [0.5, 0.6) is 5.75 Å². The van der Waals surface area contributed by atoms with E-state index in [1.54, 1.807) is 7.11 Å². The second-order valence-electron chi connectivity index (χ2n) is 7.59. The molecule has 1 aliphatic rings. The van der Waals surface area contributed by atoms with E-state index in [4.69, 9.17) is 9.73 Å². The molecule has 4 rings (SSSR count). The van der Waals surface area contributed by atoms with E-state index in [0.717, 1.165) is 68.6 Å². The maximum atomic E-state index is 5.28. The number of hydrogen-bond acceptors (Lipinski definition) is 4. The van der Waals surface area contributed by atoms with Crippen LogP contribution in [0.15, 0.2) is 53.7 Å². The smallest absolute Gasteiger partial charge is 0.193 e. The maximum Gasteiger partial charge on any atom is 0.193 e. The number of guanidine groups is 1. The lowest BCUT2D eigenvalue weighted by molar-refractivity contribution is 0.414. The number of ether oxygens (including phenoxy) is 1. The number of aromatic nitrogens is 3. The van der Waals surface area contributed by atoms with Gasteiger partial charge in [-0.3, -0.25) is 9.39 Å². The van der Waals surface area contributed by atoms with E-state index in [9.17, 15) is 0 Å². The van der Waals surface area contributed by atoms with E-state index in [1.165, 1.54) is 5.56 Å². The molecule has 0 radical (unpaired) electrons. The number of fused-ring (bicyclic) bond motifs is 1. The third-order valence-electron chi connectivity index (χ3n) is 5.61. The Balaban J connectivity index is 1.34. The molecule has 0 saturated carbocycles. The van der Waals surface area contributed by atoms with Gasteiger partial charge in [0.25, 0.3) is 0 Å². The molecule has 1 aliphatic heterocycles. The first-order valence-corrected chi connectivity index (χ1v) is 10.7. The van der Waals surface area contributed by atoms with Crippen LogP contribution in [0, 0.1) is 0 Å². The minimum absolute atomic E-state index is 0.530. The van der Waals surface area contributed by atoms with Gasteiger partial charge in [0.1, 0.15) is 11.6 Å². The van der Waals surface area contributed by atoms with Gasteiger partial charge < -0.3 is 15.0 Å². The van der Waals surface area contributed by atoms with Gasteiger partial charge in [0, 0.05) is 44.7 Å². The number of hydrogen-bond donors (Lipinski definition) is 1. The Morgan fingerprint density at radius 2 is 2.07 bits per heavy atom. The Hall–Kier alpha value is -3.09. The summed E-state index contributed by atoms with van der Waals surface area (Å²) in [7, 11) is 1.71. The highest BCUT2D eigenvalue weighted by Crippen LogP contribution is 2.28. The summed E-state index contributed by atoms with van der Waals surface area (Å²) in [6.07, 6.45) is 4.97. The van der Waals surface area contributed by atoms with E-state index in [-0.39, 0.29) is 0 Å². The predicted octanol–water partition coefficient (Wildman–Crippen LogP) is 3.13. The fraction of sp³-hybridized carbons (Fsp3) is 0.435. The van der Waals surface area contributed by atoms with Crippen LogP contribution in [0.1, 0.15) is 37.1 Å². The number of benzene rings is 1. The van der Waals surface area contributed by atoms with Crippen molar-refractivity contribution in [1.29, 1.82) is 0 Å². The van der Waals surface area contributed by atoms with Crippen molar-refractivity contribution < 1.29 is 4.74 Å². The van der Waals surface area contributed by atoms with Crippen molar-refractivity contribution in [2.24, 2.45) is 4.99 Å². The molecule has 3 heterocycles. The van der Waals surface area contributed by atoms with Crippen LogP contribution in [0.2, 0.25) is 0 Å². The second kappa shape index (κ2) is 9.61. The van der Waals surface area contributed by atoms with Gasteiger partial charge in [-0.1, -0.05) is 18.2 Å². The Bertz CT molecular complexity index is 981. The van der Waals surface area contributed by atoms with Crippen LogP contribution in [0.25, 0.3) is 5.65 Å². The first-order chi connectivity index (χ1) is 14.8. The summed E-state index contributed by atoms with van der Waals surface area (Å²) in [5, 5.41) is 12.0. The highest BCUT2D eigenvalue weighted by molar-refractivity contribution is 5.80. The number of nitrogens with one attached hydrogen (secondary N) is 1. The zero-order chi connectivity index (χ0) is 20.8. The molecule has 2 aromatic heterocycles. The molecule has 7 nitrogen and oxygen atoms in total. The average molecular weight is 407 g/mol. The van der Waals surface area contributed by atoms with E-state index < -0.39 is 0 Å². The third kappa shape index (κ3) is 4.56. The molecular weight excluding hydrogens is 376 g/mol. The summed E-state index contributed by atoms with van der Waals surface area (Å²) >= 11 is 0. The summed E-state index contributed by atoms with van der Waals surface area (Å²) in [4.78, 5) is 7.26. The van der Waals surface area contributed by atoms with Gasteiger partial charge in [-0.25, -0.2) is 0 Å². The van der Waals surface area contributed by atoms with E-state index in [2.05, 4.69) is 43.9 Å². The van der Waals surface area contributed by atoms with Crippen LogP contribution in [-0.4, -0.2) is 58.7 Å². The van der Waals surface area contributed by atoms with Gasteiger partial charge in [0.2, 0.25) is 0 Å². The van der Waals surface area contributed by atoms with Gasteiger partial charge in [0.05, 0.1) is 7.11 Å². The van der Waals surface area contributed by atoms with Crippen LogP contribution in [0.3, 0.4) is 0 Å². The molecule has 30 heavy (non-hydrogen) atoms. The minimum atomic E-state index is 0.530. The molecule has 1 unspecified atom stereocenters. The summed E-state index contributed by atoms with van der Waals surface area (Å²) in [5.74, 6) is 3.44. The van der Waals surface area contributed by atoms with Crippen molar-refractivity contribution in [3.8, 4) is 5.75 Å². The second-order valence-corrected chi connectivity index (χ2v) is 7.59.